The number of amides is 2. The number of carbonyl (C=O) groups excluding carboxylic acids is 3. The maximum Gasteiger partial charge on any atom is 0.338 e. The van der Waals surface area contributed by atoms with Gasteiger partial charge in [-0.25, -0.2) is 4.79 Å². The number of fused-ring (bicyclic) bond motifs is 6. The summed E-state index contributed by atoms with van der Waals surface area (Å²) in [6.07, 6.45) is 1.56. The molecule has 6 atom stereocenters. The van der Waals surface area contributed by atoms with E-state index in [-0.39, 0.29) is 22.6 Å². The fourth-order valence-corrected chi connectivity index (χ4v) is 10.5. The van der Waals surface area contributed by atoms with E-state index < -0.39 is 58.3 Å². The second-order valence-electron chi connectivity index (χ2n) is 10.5. The summed E-state index contributed by atoms with van der Waals surface area (Å²) in [4.78, 5) is 41.9. The van der Waals surface area contributed by atoms with Crippen LogP contribution in [0, 0.1) is 5.92 Å². The number of aliphatic hydroxyl groups is 2. The quantitative estimate of drug-likeness (QED) is 0.382. The summed E-state index contributed by atoms with van der Waals surface area (Å²) in [5.41, 5.74) is 0.813. The first-order chi connectivity index (χ1) is 20.7. The first-order valence-electron chi connectivity index (χ1n) is 13.3. The fraction of sp³-hybridized carbons (Fsp3) is 0.345. The smallest absolute Gasteiger partial charge is 0.338 e. The highest BCUT2D eigenvalue weighted by Crippen LogP contribution is 2.69. The van der Waals surface area contributed by atoms with Crippen molar-refractivity contribution >= 4 is 39.4 Å². The zero-order valence-corrected chi connectivity index (χ0v) is 24.7. The molecule has 14 heteroatoms. The molecular formula is C29H26N2O10S2. The summed E-state index contributed by atoms with van der Waals surface area (Å²) in [6, 6.07) is 8.21. The van der Waals surface area contributed by atoms with Gasteiger partial charge < -0.3 is 43.7 Å². The van der Waals surface area contributed by atoms with Crippen LogP contribution in [0.1, 0.15) is 22.0 Å². The lowest BCUT2D eigenvalue weighted by Gasteiger charge is -2.60. The van der Waals surface area contributed by atoms with Crippen molar-refractivity contribution in [3.05, 3.63) is 71.7 Å². The van der Waals surface area contributed by atoms with Gasteiger partial charge in [-0.2, -0.15) is 0 Å². The van der Waals surface area contributed by atoms with Crippen LogP contribution in [0.4, 0.5) is 0 Å². The highest BCUT2D eigenvalue weighted by molar-refractivity contribution is 8.78. The molecule has 6 heterocycles. The minimum absolute atomic E-state index is 0.125. The Kier molecular flexibility index (Phi) is 6.40. The SMILES string of the molecule is COc1ccc2cc1Oc1cc(ccc1OC)C(O)C13SSC4(C(=O)N1C)C(CO)C1=COC=CC(OC2=O)C1N4C3=O. The summed E-state index contributed by atoms with van der Waals surface area (Å²) >= 11 is 0. The second kappa shape index (κ2) is 9.84. The van der Waals surface area contributed by atoms with E-state index in [1.807, 2.05) is 0 Å². The van der Waals surface area contributed by atoms with Crippen LogP contribution < -0.4 is 14.2 Å². The van der Waals surface area contributed by atoms with Crippen LogP contribution in [0.15, 0.2) is 60.6 Å². The number of rotatable bonds is 3. The van der Waals surface area contributed by atoms with E-state index in [1.165, 1.54) is 67.9 Å². The molecule has 4 saturated heterocycles. The largest absolute Gasteiger partial charge is 0.493 e. The third kappa shape index (κ3) is 3.57. The number of benzene rings is 2. The van der Waals surface area contributed by atoms with Crippen molar-refractivity contribution in [1.29, 1.82) is 0 Å². The third-order valence-corrected chi connectivity index (χ3v) is 12.3. The zero-order valence-electron chi connectivity index (χ0n) is 23.1. The molecule has 6 aliphatic rings. The Labute approximate surface area is 253 Å². The van der Waals surface area contributed by atoms with Gasteiger partial charge in [0.1, 0.15) is 12.2 Å². The molecule has 4 fully saturated rings. The van der Waals surface area contributed by atoms with Crippen molar-refractivity contribution < 1.29 is 48.3 Å². The van der Waals surface area contributed by atoms with E-state index in [0.717, 1.165) is 21.6 Å². The molecule has 12 nitrogen and oxygen atoms in total. The normalized spacial score (nSPS) is 32.1. The van der Waals surface area contributed by atoms with E-state index in [1.54, 1.807) is 18.2 Å². The molecule has 0 saturated carbocycles. The number of likely N-dealkylation sites (N-methyl/N-ethyl adjacent to an activating group) is 1. The number of ether oxygens (including phenoxy) is 5. The van der Waals surface area contributed by atoms with Crippen molar-refractivity contribution in [2.24, 2.45) is 5.92 Å². The van der Waals surface area contributed by atoms with Gasteiger partial charge in [0.05, 0.1) is 50.9 Å². The molecule has 7 bridgehead atoms. The second-order valence-corrected chi connectivity index (χ2v) is 13.1. The fourth-order valence-electron chi connectivity index (χ4n) is 6.42. The van der Waals surface area contributed by atoms with Crippen molar-refractivity contribution in [3.63, 3.8) is 0 Å². The molecule has 43 heavy (non-hydrogen) atoms. The molecule has 2 N–H and O–H groups in total. The number of hydrogen-bond donors (Lipinski definition) is 2. The standard InChI is InChI=1S/C29H26N2O10S2/c1-30-26(35)28-17(12-32)16-13-39-9-8-20-23(16)31(28)27(36)29(30,43-42-28)24(33)14-4-6-18(37-2)21(10-14)40-22-11-15(25(34)41-20)5-7-19(22)38-3/h4-11,13,17,20,23-24,32-33H,12H2,1-3H3. The van der Waals surface area contributed by atoms with Gasteiger partial charge in [-0.15, -0.1) is 0 Å². The molecule has 6 aliphatic heterocycles. The first kappa shape index (κ1) is 28.0. The molecule has 2 amide bonds. The number of esters is 1. The molecule has 8 rings (SSSR count). The molecule has 0 radical (unpaired) electrons. The van der Waals surface area contributed by atoms with E-state index in [4.69, 9.17) is 23.7 Å². The van der Waals surface area contributed by atoms with Crippen molar-refractivity contribution in [3.8, 4) is 23.0 Å². The predicted molar refractivity (Wildman–Crippen MR) is 153 cm³/mol. The Balaban J connectivity index is 1.49. The number of carbonyl (C=O) groups is 3. The van der Waals surface area contributed by atoms with Gasteiger partial charge in [-0.1, -0.05) is 16.9 Å². The Bertz CT molecular complexity index is 1630. The van der Waals surface area contributed by atoms with Crippen molar-refractivity contribution in [2.45, 2.75) is 28.0 Å². The molecule has 0 aliphatic carbocycles. The zero-order chi connectivity index (χ0) is 30.3. The van der Waals surface area contributed by atoms with Gasteiger partial charge in [0.2, 0.25) is 4.87 Å². The van der Waals surface area contributed by atoms with Gasteiger partial charge in [0.25, 0.3) is 11.8 Å². The topological polar surface area (TPSA) is 144 Å². The van der Waals surface area contributed by atoms with Gasteiger partial charge in [-0.3, -0.25) is 9.59 Å². The average Bonchev–Trinajstić information content (AvgIpc) is 3.16. The first-order valence-corrected chi connectivity index (χ1v) is 15.4. The number of aliphatic hydroxyl groups excluding tert-OH is 2. The Hall–Kier alpha value is -3.85. The number of nitrogens with zero attached hydrogens (tertiary/aromatic N) is 2. The van der Waals surface area contributed by atoms with Crippen molar-refractivity contribution in [2.75, 3.05) is 27.9 Å². The van der Waals surface area contributed by atoms with Gasteiger partial charge in [0, 0.05) is 12.6 Å². The molecule has 2 aromatic rings. The maximum atomic E-state index is 14.8. The van der Waals surface area contributed by atoms with Crippen LogP contribution in [0.2, 0.25) is 0 Å². The number of piperazine rings is 1. The van der Waals surface area contributed by atoms with Crippen LogP contribution in [-0.2, 0) is 19.1 Å². The maximum absolute atomic E-state index is 14.8. The van der Waals surface area contributed by atoms with Crippen LogP contribution in [0.25, 0.3) is 0 Å². The Morgan fingerprint density at radius 2 is 1.67 bits per heavy atom. The molecule has 6 unspecified atom stereocenters. The Morgan fingerprint density at radius 3 is 2.40 bits per heavy atom. The van der Waals surface area contributed by atoms with Gasteiger partial charge in [0.15, 0.2) is 27.9 Å². The summed E-state index contributed by atoms with van der Waals surface area (Å²) in [6.45, 7) is -0.486. The molecule has 224 valence electrons. The van der Waals surface area contributed by atoms with Gasteiger partial charge in [-0.05, 0) is 52.8 Å². The molecule has 0 aromatic heterocycles. The lowest BCUT2D eigenvalue weighted by atomic mass is 9.89. The van der Waals surface area contributed by atoms with E-state index in [2.05, 4.69) is 0 Å². The van der Waals surface area contributed by atoms with Crippen LogP contribution in [-0.4, -0.2) is 87.6 Å². The molecule has 2 aromatic carbocycles. The summed E-state index contributed by atoms with van der Waals surface area (Å²) in [5.74, 6) is -1.71. The lowest BCUT2D eigenvalue weighted by molar-refractivity contribution is -0.174. The lowest BCUT2D eigenvalue weighted by Crippen LogP contribution is -2.79. The highest BCUT2D eigenvalue weighted by atomic mass is 33.1. The van der Waals surface area contributed by atoms with E-state index in [9.17, 15) is 24.6 Å². The summed E-state index contributed by atoms with van der Waals surface area (Å²) < 4.78 is 28.7. The molecule has 2 spiro atoms. The van der Waals surface area contributed by atoms with E-state index >= 15 is 0 Å². The summed E-state index contributed by atoms with van der Waals surface area (Å²) in [7, 11) is 6.52. The number of hydrogen-bond acceptors (Lipinski definition) is 12. The summed E-state index contributed by atoms with van der Waals surface area (Å²) in [5, 5.41) is 22.6. The van der Waals surface area contributed by atoms with Crippen LogP contribution >= 0.6 is 21.6 Å². The average molecular weight is 627 g/mol. The highest BCUT2D eigenvalue weighted by Gasteiger charge is 2.78. The van der Waals surface area contributed by atoms with Crippen LogP contribution in [0.5, 0.6) is 23.0 Å². The minimum atomic E-state index is -1.81. The van der Waals surface area contributed by atoms with Crippen molar-refractivity contribution in [1.82, 2.24) is 9.80 Å². The van der Waals surface area contributed by atoms with E-state index in [0.29, 0.717) is 17.1 Å². The third-order valence-electron chi connectivity index (χ3n) is 8.56. The monoisotopic (exact) mass is 626 g/mol. The predicted octanol–water partition coefficient (Wildman–Crippen LogP) is 2.58. The van der Waals surface area contributed by atoms with Gasteiger partial charge >= 0.3 is 5.97 Å². The minimum Gasteiger partial charge on any atom is -0.493 e. The van der Waals surface area contributed by atoms with Crippen LogP contribution in [0.3, 0.4) is 0 Å². The number of methoxy groups -OCH3 is 2. The molecular weight excluding hydrogens is 600 g/mol. The Morgan fingerprint density at radius 1 is 0.977 bits per heavy atom.